The summed E-state index contributed by atoms with van der Waals surface area (Å²) in [6.45, 7) is 4.98. The molecule has 0 unspecified atom stereocenters. The number of rotatable bonds is 4. The molecular formula is C15H17FN2O2S. The fourth-order valence-electron chi connectivity index (χ4n) is 1.96. The molecule has 4 nitrogen and oxygen atoms in total. The summed E-state index contributed by atoms with van der Waals surface area (Å²) in [6, 6.07) is 9.01. The first-order valence-corrected chi connectivity index (χ1v) is 7.92. The van der Waals surface area contributed by atoms with Gasteiger partial charge in [0.2, 0.25) is 10.0 Å². The molecule has 0 fully saturated rings. The number of nitrogens with one attached hydrogen (secondary N) is 1. The monoisotopic (exact) mass is 308 g/mol. The Morgan fingerprint density at radius 2 is 1.90 bits per heavy atom. The molecule has 0 amide bonds. The van der Waals surface area contributed by atoms with E-state index in [4.69, 9.17) is 0 Å². The van der Waals surface area contributed by atoms with Crippen molar-refractivity contribution >= 4 is 10.0 Å². The third kappa shape index (κ3) is 3.46. The first-order valence-electron chi connectivity index (χ1n) is 6.44. The fourth-order valence-corrected chi connectivity index (χ4v) is 3.44. The van der Waals surface area contributed by atoms with Gasteiger partial charge in [0.1, 0.15) is 5.82 Å². The number of nitrogens with zero attached hydrogens (tertiary/aromatic N) is 1. The van der Waals surface area contributed by atoms with E-state index in [1.807, 2.05) is 0 Å². The number of halogens is 1. The van der Waals surface area contributed by atoms with E-state index >= 15 is 0 Å². The Balaban J connectivity index is 2.35. The minimum atomic E-state index is -3.76. The lowest BCUT2D eigenvalue weighted by Gasteiger charge is -2.25. The number of aryl methyl sites for hydroxylation is 1. The van der Waals surface area contributed by atoms with Crippen LogP contribution < -0.4 is 4.72 Å². The van der Waals surface area contributed by atoms with Crippen LogP contribution in [0.25, 0.3) is 0 Å². The molecule has 6 heteroatoms. The lowest BCUT2D eigenvalue weighted by molar-refractivity contribution is 0.460. The van der Waals surface area contributed by atoms with Crippen LogP contribution >= 0.6 is 0 Å². The Bertz CT molecular complexity index is 744. The number of aromatic nitrogens is 1. The average molecular weight is 308 g/mol. The van der Waals surface area contributed by atoms with Crippen molar-refractivity contribution in [3.63, 3.8) is 0 Å². The van der Waals surface area contributed by atoms with Crippen LogP contribution in [0, 0.1) is 12.7 Å². The Morgan fingerprint density at radius 1 is 1.19 bits per heavy atom. The first kappa shape index (κ1) is 15.6. The maximum atomic E-state index is 13.3. The molecule has 1 aromatic heterocycles. The Morgan fingerprint density at radius 3 is 2.48 bits per heavy atom. The van der Waals surface area contributed by atoms with E-state index in [1.54, 1.807) is 38.2 Å². The van der Waals surface area contributed by atoms with Gasteiger partial charge in [-0.1, -0.05) is 6.07 Å². The normalized spacial score (nSPS) is 12.4. The van der Waals surface area contributed by atoms with Crippen LogP contribution in [0.4, 0.5) is 4.39 Å². The van der Waals surface area contributed by atoms with Crippen LogP contribution in [-0.4, -0.2) is 13.4 Å². The highest BCUT2D eigenvalue weighted by atomic mass is 32.2. The van der Waals surface area contributed by atoms with E-state index in [2.05, 4.69) is 9.71 Å². The van der Waals surface area contributed by atoms with Crippen molar-refractivity contribution in [3.8, 4) is 0 Å². The Kier molecular flexibility index (Phi) is 4.11. The summed E-state index contributed by atoms with van der Waals surface area (Å²) in [5, 5.41) is 0. The van der Waals surface area contributed by atoms with Gasteiger partial charge < -0.3 is 0 Å². The lowest BCUT2D eigenvalue weighted by atomic mass is 10.0. The second-order valence-corrected chi connectivity index (χ2v) is 7.04. The molecule has 1 aromatic carbocycles. The van der Waals surface area contributed by atoms with Crippen LogP contribution in [-0.2, 0) is 15.6 Å². The molecule has 21 heavy (non-hydrogen) atoms. The minimum Gasteiger partial charge on any atom is -0.259 e. The molecule has 0 aliphatic carbocycles. The summed E-state index contributed by atoms with van der Waals surface area (Å²) in [5.74, 6) is -0.432. The van der Waals surface area contributed by atoms with Crippen LogP contribution in [0.15, 0.2) is 47.5 Å². The molecule has 0 saturated carbocycles. The topological polar surface area (TPSA) is 59.1 Å². The first-order chi connectivity index (χ1) is 9.72. The molecule has 0 saturated heterocycles. The van der Waals surface area contributed by atoms with Crippen LogP contribution in [0.3, 0.4) is 0 Å². The summed E-state index contributed by atoms with van der Waals surface area (Å²) in [6.07, 6.45) is 1.60. The number of benzene rings is 1. The highest BCUT2D eigenvalue weighted by Gasteiger charge is 2.29. The third-order valence-electron chi connectivity index (χ3n) is 3.13. The fraction of sp³-hybridized carbons (Fsp3) is 0.267. The van der Waals surface area contributed by atoms with Crippen LogP contribution in [0.1, 0.15) is 25.1 Å². The van der Waals surface area contributed by atoms with Crippen molar-refractivity contribution in [2.24, 2.45) is 0 Å². The molecule has 0 bridgehead atoms. The largest absolute Gasteiger partial charge is 0.259 e. The number of hydrogen-bond donors (Lipinski definition) is 1. The van der Waals surface area contributed by atoms with E-state index < -0.39 is 21.4 Å². The van der Waals surface area contributed by atoms with Crippen molar-refractivity contribution < 1.29 is 12.8 Å². The van der Waals surface area contributed by atoms with Crippen molar-refractivity contribution in [2.45, 2.75) is 31.2 Å². The predicted octanol–water partition coefficient (Wildman–Crippen LogP) is 2.74. The highest BCUT2D eigenvalue weighted by Crippen LogP contribution is 2.22. The van der Waals surface area contributed by atoms with E-state index in [1.165, 1.54) is 19.1 Å². The van der Waals surface area contributed by atoms with Gasteiger partial charge in [0.25, 0.3) is 0 Å². The summed E-state index contributed by atoms with van der Waals surface area (Å²) >= 11 is 0. The number of sulfonamides is 1. The molecular weight excluding hydrogens is 291 g/mol. The molecule has 0 aliphatic rings. The SMILES string of the molecule is Cc1cc(S(=O)(=O)NC(C)(C)c2ccccn2)ccc1F. The second-order valence-electron chi connectivity index (χ2n) is 5.36. The number of hydrogen-bond acceptors (Lipinski definition) is 3. The summed E-state index contributed by atoms with van der Waals surface area (Å²) in [4.78, 5) is 4.21. The smallest absolute Gasteiger partial charge is 0.241 e. The van der Waals surface area contributed by atoms with Crippen molar-refractivity contribution in [3.05, 3.63) is 59.7 Å². The van der Waals surface area contributed by atoms with Crippen molar-refractivity contribution in [1.82, 2.24) is 9.71 Å². The maximum absolute atomic E-state index is 13.3. The van der Waals surface area contributed by atoms with Gasteiger partial charge in [-0.3, -0.25) is 4.98 Å². The molecule has 0 atom stereocenters. The molecule has 2 rings (SSSR count). The predicted molar refractivity (Wildman–Crippen MR) is 78.7 cm³/mol. The third-order valence-corrected chi connectivity index (χ3v) is 4.79. The standard InChI is InChI=1S/C15H17FN2O2S/c1-11-10-12(7-8-13(11)16)21(19,20)18-15(2,3)14-6-4-5-9-17-14/h4-10,18H,1-3H3. The van der Waals surface area contributed by atoms with Crippen LogP contribution in [0.2, 0.25) is 0 Å². The quantitative estimate of drug-likeness (QED) is 0.945. The zero-order valence-corrected chi connectivity index (χ0v) is 12.9. The second kappa shape index (κ2) is 5.54. The molecule has 0 aliphatic heterocycles. The maximum Gasteiger partial charge on any atom is 0.241 e. The van der Waals surface area contributed by atoms with Crippen molar-refractivity contribution in [1.29, 1.82) is 0 Å². The average Bonchev–Trinajstić information content (AvgIpc) is 2.41. The minimum absolute atomic E-state index is 0.0328. The van der Waals surface area contributed by atoms with Crippen LogP contribution in [0.5, 0.6) is 0 Å². The molecule has 0 radical (unpaired) electrons. The summed E-state index contributed by atoms with van der Waals surface area (Å²) in [7, 11) is -3.76. The van der Waals surface area contributed by atoms with Gasteiger partial charge in [0.15, 0.2) is 0 Å². The van der Waals surface area contributed by atoms with E-state index in [-0.39, 0.29) is 10.5 Å². The highest BCUT2D eigenvalue weighted by molar-refractivity contribution is 7.89. The zero-order chi connectivity index (χ0) is 15.7. The Labute approximate surface area is 124 Å². The molecule has 0 spiro atoms. The van der Waals surface area contributed by atoms with E-state index in [9.17, 15) is 12.8 Å². The van der Waals surface area contributed by atoms with Gasteiger partial charge in [-0.2, -0.15) is 4.72 Å². The van der Waals surface area contributed by atoms with Gasteiger partial charge in [-0.25, -0.2) is 12.8 Å². The molecule has 1 heterocycles. The summed E-state index contributed by atoms with van der Waals surface area (Å²) < 4.78 is 40.7. The lowest BCUT2D eigenvalue weighted by Crippen LogP contribution is -2.41. The van der Waals surface area contributed by atoms with E-state index in [0.717, 1.165) is 6.07 Å². The van der Waals surface area contributed by atoms with Gasteiger partial charge in [0, 0.05) is 6.20 Å². The summed E-state index contributed by atoms with van der Waals surface area (Å²) in [5.41, 5.74) is 0.0171. The van der Waals surface area contributed by atoms with Gasteiger partial charge in [-0.15, -0.1) is 0 Å². The van der Waals surface area contributed by atoms with Gasteiger partial charge >= 0.3 is 0 Å². The molecule has 112 valence electrons. The zero-order valence-electron chi connectivity index (χ0n) is 12.1. The number of pyridine rings is 1. The molecule has 1 N–H and O–H groups in total. The Hall–Kier alpha value is -1.79. The van der Waals surface area contributed by atoms with Gasteiger partial charge in [0.05, 0.1) is 16.1 Å². The van der Waals surface area contributed by atoms with E-state index in [0.29, 0.717) is 5.69 Å². The van der Waals surface area contributed by atoms with Gasteiger partial charge in [-0.05, 0) is 56.7 Å². The van der Waals surface area contributed by atoms with Crippen molar-refractivity contribution in [2.75, 3.05) is 0 Å². The molecule has 2 aromatic rings.